The Kier molecular flexibility index (Phi) is 4.39. The SMILES string of the molecule is CCOC1CCN(c2cc(C)nc(C)c2C#N)CC1. The molecule has 0 aromatic carbocycles. The van der Waals surface area contributed by atoms with Gasteiger partial charge in [-0.3, -0.25) is 4.98 Å². The van der Waals surface area contributed by atoms with Crippen molar-refractivity contribution in [3.63, 3.8) is 0 Å². The summed E-state index contributed by atoms with van der Waals surface area (Å²) in [7, 11) is 0. The lowest BCUT2D eigenvalue weighted by Crippen LogP contribution is -2.37. The Labute approximate surface area is 115 Å². The van der Waals surface area contributed by atoms with Crippen molar-refractivity contribution in [3.05, 3.63) is 23.0 Å². The fraction of sp³-hybridized carbons (Fsp3) is 0.600. The van der Waals surface area contributed by atoms with E-state index in [0.29, 0.717) is 11.7 Å². The third kappa shape index (κ3) is 3.05. The van der Waals surface area contributed by atoms with Crippen LogP contribution in [0.2, 0.25) is 0 Å². The van der Waals surface area contributed by atoms with Crippen LogP contribution in [-0.2, 0) is 4.74 Å². The van der Waals surface area contributed by atoms with Crippen molar-refractivity contribution in [2.24, 2.45) is 0 Å². The molecule has 0 N–H and O–H groups in total. The molecule has 0 unspecified atom stereocenters. The van der Waals surface area contributed by atoms with Gasteiger partial charge in [-0.05, 0) is 39.7 Å². The van der Waals surface area contributed by atoms with Crippen molar-refractivity contribution >= 4 is 5.69 Å². The first-order valence-electron chi connectivity index (χ1n) is 6.90. The summed E-state index contributed by atoms with van der Waals surface area (Å²) < 4.78 is 5.67. The van der Waals surface area contributed by atoms with Gasteiger partial charge in [-0.1, -0.05) is 0 Å². The number of nitrogens with zero attached hydrogens (tertiary/aromatic N) is 3. The monoisotopic (exact) mass is 259 g/mol. The van der Waals surface area contributed by atoms with Crippen LogP contribution in [0.15, 0.2) is 6.07 Å². The van der Waals surface area contributed by atoms with Crippen LogP contribution in [0.5, 0.6) is 0 Å². The van der Waals surface area contributed by atoms with Crippen molar-refractivity contribution in [3.8, 4) is 6.07 Å². The Morgan fingerprint density at radius 1 is 1.42 bits per heavy atom. The summed E-state index contributed by atoms with van der Waals surface area (Å²) in [6.07, 6.45) is 2.42. The van der Waals surface area contributed by atoms with E-state index < -0.39 is 0 Å². The zero-order valence-corrected chi connectivity index (χ0v) is 11.9. The highest BCUT2D eigenvalue weighted by Gasteiger charge is 2.22. The van der Waals surface area contributed by atoms with Crippen LogP contribution < -0.4 is 4.90 Å². The molecule has 1 aliphatic rings. The Hall–Kier alpha value is -1.60. The molecular formula is C15H21N3O. The van der Waals surface area contributed by atoms with Gasteiger partial charge in [0.1, 0.15) is 6.07 Å². The fourth-order valence-corrected chi connectivity index (χ4v) is 2.69. The molecule has 0 bridgehead atoms. The van der Waals surface area contributed by atoms with Gasteiger partial charge in [0, 0.05) is 25.4 Å². The van der Waals surface area contributed by atoms with E-state index in [4.69, 9.17) is 4.74 Å². The summed E-state index contributed by atoms with van der Waals surface area (Å²) >= 11 is 0. The minimum atomic E-state index is 0.371. The lowest BCUT2D eigenvalue weighted by molar-refractivity contribution is 0.0459. The minimum Gasteiger partial charge on any atom is -0.378 e. The topological polar surface area (TPSA) is 49.1 Å². The summed E-state index contributed by atoms with van der Waals surface area (Å²) in [5, 5.41) is 9.32. The van der Waals surface area contributed by atoms with Gasteiger partial charge in [0.15, 0.2) is 0 Å². The van der Waals surface area contributed by atoms with Crippen molar-refractivity contribution in [2.75, 3.05) is 24.6 Å². The average molecular weight is 259 g/mol. The number of aromatic nitrogens is 1. The molecule has 0 spiro atoms. The number of rotatable bonds is 3. The molecule has 0 saturated carbocycles. The number of pyridine rings is 1. The zero-order chi connectivity index (χ0) is 13.8. The summed E-state index contributed by atoms with van der Waals surface area (Å²) in [6.45, 7) is 8.59. The zero-order valence-electron chi connectivity index (χ0n) is 11.9. The lowest BCUT2D eigenvalue weighted by Gasteiger charge is -2.34. The molecule has 1 aromatic rings. The van der Waals surface area contributed by atoms with E-state index in [1.807, 2.05) is 26.8 Å². The predicted molar refractivity (Wildman–Crippen MR) is 75.3 cm³/mol. The summed E-state index contributed by atoms with van der Waals surface area (Å²) in [6, 6.07) is 4.31. The lowest BCUT2D eigenvalue weighted by atomic mass is 10.0. The molecule has 1 saturated heterocycles. The number of anilines is 1. The molecule has 1 aromatic heterocycles. The van der Waals surface area contributed by atoms with E-state index in [9.17, 15) is 5.26 Å². The van der Waals surface area contributed by atoms with Crippen molar-refractivity contribution in [1.29, 1.82) is 5.26 Å². The van der Waals surface area contributed by atoms with E-state index in [-0.39, 0.29) is 0 Å². The molecule has 1 aliphatic heterocycles. The summed E-state index contributed by atoms with van der Waals surface area (Å²) in [5.74, 6) is 0. The molecule has 0 aliphatic carbocycles. The molecule has 0 radical (unpaired) electrons. The average Bonchev–Trinajstić information content (AvgIpc) is 2.39. The third-order valence-corrected chi connectivity index (χ3v) is 3.60. The Morgan fingerprint density at radius 2 is 2.11 bits per heavy atom. The van der Waals surface area contributed by atoms with Crippen molar-refractivity contribution < 1.29 is 4.74 Å². The predicted octanol–water partition coefficient (Wildman–Crippen LogP) is 2.58. The highest BCUT2D eigenvalue weighted by Crippen LogP contribution is 2.27. The number of piperidine rings is 1. The normalized spacial score (nSPS) is 16.4. The first kappa shape index (κ1) is 13.8. The molecule has 2 rings (SSSR count). The van der Waals surface area contributed by atoms with Crippen LogP contribution in [0.25, 0.3) is 0 Å². The van der Waals surface area contributed by atoms with Crippen molar-refractivity contribution in [1.82, 2.24) is 4.98 Å². The second kappa shape index (κ2) is 6.03. The van der Waals surface area contributed by atoms with Gasteiger partial charge < -0.3 is 9.64 Å². The van der Waals surface area contributed by atoms with Gasteiger partial charge in [0.2, 0.25) is 0 Å². The van der Waals surface area contributed by atoms with Crippen LogP contribution in [0, 0.1) is 25.2 Å². The third-order valence-electron chi connectivity index (χ3n) is 3.60. The number of nitriles is 1. The molecule has 2 heterocycles. The second-order valence-electron chi connectivity index (χ2n) is 5.00. The van der Waals surface area contributed by atoms with Crippen LogP contribution >= 0.6 is 0 Å². The molecule has 1 fully saturated rings. The van der Waals surface area contributed by atoms with Gasteiger partial charge in [-0.15, -0.1) is 0 Å². The Bertz CT molecular complexity index is 485. The maximum atomic E-state index is 9.32. The van der Waals surface area contributed by atoms with E-state index >= 15 is 0 Å². The van der Waals surface area contributed by atoms with Crippen LogP contribution in [-0.4, -0.2) is 30.8 Å². The first-order chi connectivity index (χ1) is 9.15. The van der Waals surface area contributed by atoms with Crippen LogP contribution in [0.4, 0.5) is 5.69 Å². The number of hydrogen-bond donors (Lipinski definition) is 0. The van der Waals surface area contributed by atoms with Gasteiger partial charge in [0.25, 0.3) is 0 Å². The van der Waals surface area contributed by atoms with Crippen LogP contribution in [0.1, 0.15) is 36.7 Å². The molecule has 0 atom stereocenters. The number of ether oxygens (including phenoxy) is 1. The van der Waals surface area contributed by atoms with E-state index in [1.165, 1.54) is 0 Å². The molecular weight excluding hydrogens is 238 g/mol. The number of hydrogen-bond acceptors (Lipinski definition) is 4. The highest BCUT2D eigenvalue weighted by atomic mass is 16.5. The van der Waals surface area contributed by atoms with Crippen molar-refractivity contribution in [2.45, 2.75) is 39.7 Å². The van der Waals surface area contributed by atoms with Gasteiger partial charge in [-0.25, -0.2) is 0 Å². The summed E-state index contributed by atoms with van der Waals surface area (Å²) in [5.41, 5.74) is 3.53. The fourth-order valence-electron chi connectivity index (χ4n) is 2.69. The van der Waals surface area contributed by atoms with Gasteiger partial charge in [-0.2, -0.15) is 5.26 Å². The van der Waals surface area contributed by atoms with Crippen LogP contribution in [0.3, 0.4) is 0 Å². The Balaban J connectivity index is 2.18. The van der Waals surface area contributed by atoms with E-state index in [0.717, 1.165) is 49.6 Å². The maximum Gasteiger partial charge on any atom is 0.103 e. The van der Waals surface area contributed by atoms with Gasteiger partial charge >= 0.3 is 0 Å². The largest absolute Gasteiger partial charge is 0.378 e. The Morgan fingerprint density at radius 3 is 2.68 bits per heavy atom. The quantitative estimate of drug-likeness (QED) is 0.837. The molecule has 102 valence electrons. The first-order valence-corrected chi connectivity index (χ1v) is 6.90. The summed E-state index contributed by atoms with van der Waals surface area (Å²) in [4.78, 5) is 6.66. The maximum absolute atomic E-state index is 9.32. The number of aryl methyl sites for hydroxylation is 2. The molecule has 19 heavy (non-hydrogen) atoms. The molecule has 4 nitrogen and oxygen atoms in total. The molecule has 4 heteroatoms. The van der Waals surface area contributed by atoms with E-state index in [1.54, 1.807) is 0 Å². The highest BCUT2D eigenvalue weighted by molar-refractivity contribution is 5.61. The molecule has 0 amide bonds. The standard InChI is InChI=1S/C15H21N3O/c1-4-19-13-5-7-18(8-6-13)15-9-11(2)17-12(3)14(15)10-16/h9,13H,4-8H2,1-3H3. The van der Waals surface area contributed by atoms with E-state index in [2.05, 4.69) is 16.0 Å². The smallest absolute Gasteiger partial charge is 0.103 e. The second-order valence-corrected chi connectivity index (χ2v) is 5.00. The van der Waals surface area contributed by atoms with Gasteiger partial charge in [0.05, 0.1) is 23.0 Å². The minimum absolute atomic E-state index is 0.371.